The summed E-state index contributed by atoms with van der Waals surface area (Å²) in [5, 5.41) is 9.91. The number of rotatable bonds is 2. The highest BCUT2D eigenvalue weighted by Gasteiger charge is 2.41. The van der Waals surface area contributed by atoms with Crippen LogP contribution in [-0.4, -0.2) is 17.5 Å². The maximum absolute atomic E-state index is 9.91. The third-order valence-electron chi connectivity index (χ3n) is 3.04. The second-order valence-corrected chi connectivity index (χ2v) is 4.56. The second-order valence-electron chi connectivity index (χ2n) is 4.56. The molecule has 0 amide bonds. The first-order valence-electron chi connectivity index (χ1n) is 5.28. The van der Waals surface area contributed by atoms with Crippen LogP contribution in [0.1, 0.15) is 24.0 Å². The van der Waals surface area contributed by atoms with E-state index in [4.69, 9.17) is 9.47 Å². The molecule has 0 atom stereocenters. The summed E-state index contributed by atoms with van der Waals surface area (Å²) < 4.78 is 10.8. The SMILES string of the molecule is Cc1cc(CC2(O)CC2)c2c(c1)OCO2. The summed E-state index contributed by atoms with van der Waals surface area (Å²) in [6, 6.07) is 4.05. The van der Waals surface area contributed by atoms with Crippen LogP contribution in [0.3, 0.4) is 0 Å². The van der Waals surface area contributed by atoms with E-state index >= 15 is 0 Å². The van der Waals surface area contributed by atoms with Crippen LogP contribution in [0.4, 0.5) is 0 Å². The van der Waals surface area contributed by atoms with E-state index in [1.807, 2.05) is 13.0 Å². The van der Waals surface area contributed by atoms with Crippen molar-refractivity contribution in [3.63, 3.8) is 0 Å². The molecule has 80 valence electrons. The van der Waals surface area contributed by atoms with E-state index in [1.165, 1.54) is 0 Å². The quantitative estimate of drug-likeness (QED) is 0.801. The lowest BCUT2D eigenvalue weighted by Gasteiger charge is -2.11. The molecular formula is C12H14O3. The molecule has 1 aliphatic carbocycles. The van der Waals surface area contributed by atoms with Crippen molar-refractivity contribution in [2.75, 3.05) is 6.79 Å². The maximum Gasteiger partial charge on any atom is 0.231 e. The van der Waals surface area contributed by atoms with Crippen molar-refractivity contribution in [1.82, 2.24) is 0 Å². The summed E-state index contributed by atoms with van der Waals surface area (Å²) in [5.74, 6) is 1.63. The molecule has 0 saturated heterocycles. The van der Waals surface area contributed by atoms with Gasteiger partial charge in [-0.3, -0.25) is 0 Å². The van der Waals surface area contributed by atoms with Crippen LogP contribution in [0.2, 0.25) is 0 Å². The Labute approximate surface area is 88.6 Å². The molecular weight excluding hydrogens is 192 g/mol. The number of aryl methyl sites for hydroxylation is 1. The first-order valence-corrected chi connectivity index (χ1v) is 5.28. The Bertz CT molecular complexity index is 408. The van der Waals surface area contributed by atoms with E-state index in [9.17, 15) is 5.11 Å². The lowest BCUT2D eigenvalue weighted by molar-refractivity contribution is 0.147. The van der Waals surface area contributed by atoms with E-state index in [0.717, 1.165) is 35.5 Å². The molecule has 1 N–H and O–H groups in total. The van der Waals surface area contributed by atoms with Gasteiger partial charge in [0.15, 0.2) is 11.5 Å². The van der Waals surface area contributed by atoms with Crippen molar-refractivity contribution >= 4 is 0 Å². The van der Waals surface area contributed by atoms with Gasteiger partial charge in [0, 0.05) is 12.0 Å². The van der Waals surface area contributed by atoms with Gasteiger partial charge in [-0.1, -0.05) is 6.07 Å². The van der Waals surface area contributed by atoms with Gasteiger partial charge in [-0.25, -0.2) is 0 Å². The predicted molar refractivity (Wildman–Crippen MR) is 55.2 cm³/mol. The van der Waals surface area contributed by atoms with E-state index in [1.54, 1.807) is 0 Å². The molecule has 0 radical (unpaired) electrons. The van der Waals surface area contributed by atoms with Gasteiger partial charge in [0.1, 0.15) is 0 Å². The zero-order valence-electron chi connectivity index (χ0n) is 8.75. The summed E-state index contributed by atoms with van der Waals surface area (Å²) in [7, 11) is 0. The molecule has 1 aromatic carbocycles. The van der Waals surface area contributed by atoms with E-state index in [2.05, 4.69) is 6.07 Å². The lowest BCUT2D eigenvalue weighted by Crippen LogP contribution is -2.11. The second kappa shape index (κ2) is 2.89. The molecule has 2 aliphatic rings. The fraction of sp³-hybridized carbons (Fsp3) is 0.500. The highest BCUT2D eigenvalue weighted by atomic mass is 16.7. The topological polar surface area (TPSA) is 38.7 Å². The van der Waals surface area contributed by atoms with Gasteiger partial charge < -0.3 is 14.6 Å². The molecule has 3 rings (SSSR count). The van der Waals surface area contributed by atoms with Crippen molar-refractivity contribution in [2.24, 2.45) is 0 Å². The molecule has 1 heterocycles. The number of hydrogen-bond donors (Lipinski definition) is 1. The third-order valence-corrected chi connectivity index (χ3v) is 3.04. The van der Waals surface area contributed by atoms with Crippen LogP contribution in [0.5, 0.6) is 11.5 Å². The molecule has 3 nitrogen and oxygen atoms in total. The maximum atomic E-state index is 9.91. The molecule has 3 heteroatoms. The Morgan fingerprint density at radius 1 is 1.33 bits per heavy atom. The molecule has 1 aliphatic heterocycles. The first-order chi connectivity index (χ1) is 7.16. The molecule has 1 saturated carbocycles. The smallest absolute Gasteiger partial charge is 0.231 e. The molecule has 1 fully saturated rings. The molecule has 0 unspecified atom stereocenters. The number of fused-ring (bicyclic) bond motifs is 1. The van der Waals surface area contributed by atoms with Crippen molar-refractivity contribution in [3.05, 3.63) is 23.3 Å². The first kappa shape index (κ1) is 9.04. The normalized spacial score (nSPS) is 20.4. The highest BCUT2D eigenvalue weighted by Crippen LogP contribution is 2.44. The van der Waals surface area contributed by atoms with Crippen molar-refractivity contribution in [1.29, 1.82) is 0 Å². The number of hydrogen-bond acceptors (Lipinski definition) is 3. The van der Waals surface area contributed by atoms with Crippen LogP contribution in [0, 0.1) is 6.92 Å². The number of benzene rings is 1. The average molecular weight is 206 g/mol. The highest BCUT2D eigenvalue weighted by molar-refractivity contribution is 5.51. The zero-order chi connectivity index (χ0) is 10.5. The fourth-order valence-corrected chi connectivity index (χ4v) is 2.04. The van der Waals surface area contributed by atoms with Crippen LogP contribution >= 0.6 is 0 Å². The van der Waals surface area contributed by atoms with Gasteiger partial charge >= 0.3 is 0 Å². The standard InChI is InChI=1S/C12H14O3/c1-8-4-9(6-12(13)2-3-12)11-10(5-8)14-7-15-11/h4-5,13H,2-3,6-7H2,1H3. The van der Waals surface area contributed by atoms with Gasteiger partial charge in [0.25, 0.3) is 0 Å². The van der Waals surface area contributed by atoms with Crippen molar-refractivity contribution in [3.8, 4) is 11.5 Å². The van der Waals surface area contributed by atoms with Crippen molar-refractivity contribution < 1.29 is 14.6 Å². The molecule has 0 aromatic heterocycles. The predicted octanol–water partition coefficient (Wildman–Crippen LogP) is 1.79. The van der Waals surface area contributed by atoms with Crippen LogP contribution in [0.15, 0.2) is 12.1 Å². The van der Waals surface area contributed by atoms with Gasteiger partial charge in [0.05, 0.1) is 5.60 Å². The van der Waals surface area contributed by atoms with E-state index in [-0.39, 0.29) is 0 Å². The Kier molecular flexibility index (Phi) is 1.74. The lowest BCUT2D eigenvalue weighted by atomic mass is 10.0. The van der Waals surface area contributed by atoms with E-state index < -0.39 is 5.60 Å². The number of aliphatic hydroxyl groups is 1. The Balaban J connectivity index is 1.99. The minimum absolute atomic E-state index is 0.296. The third kappa shape index (κ3) is 1.57. The van der Waals surface area contributed by atoms with Gasteiger partial charge in [-0.2, -0.15) is 0 Å². The van der Waals surface area contributed by atoms with Gasteiger partial charge in [0.2, 0.25) is 6.79 Å². The van der Waals surface area contributed by atoms with Crippen molar-refractivity contribution in [2.45, 2.75) is 31.8 Å². The van der Waals surface area contributed by atoms with Gasteiger partial charge in [-0.15, -0.1) is 0 Å². The van der Waals surface area contributed by atoms with Crippen LogP contribution in [0.25, 0.3) is 0 Å². The monoisotopic (exact) mass is 206 g/mol. The van der Waals surface area contributed by atoms with E-state index in [0.29, 0.717) is 13.2 Å². The minimum atomic E-state index is -0.479. The molecule has 0 spiro atoms. The van der Waals surface area contributed by atoms with Crippen LogP contribution in [-0.2, 0) is 6.42 Å². The Hall–Kier alpha value is -1.22. The van der Waals surface area contributed by atoms with Crippen LogP contribution < -0.4 is 9.47 Å². The Morgan fingerprint density at radius 3 is 2.87 bits per heavy atom. The molecule has 0 bridgehead atoms. The zero-order valence-corrected chi connectivity index (χ0v) is 8.75. The summed E-state index contributed by atoms with van der Waals surface area (Å²) in [6.07, 6.45) is 2.48. The average Bonchev–Trinajstić information content (AvgIpc) is 2.73. The van der Waals surface area contributed by atoms with Gasteiger partial charge in [-0.05, 0) is 31.4 Å². The molecule has 15 heavy (non-hydrogen) atoms. The Morgan fingerprint density at radius 2 is 2.13 bits per heavy atom. The summed E-state index contributed by atoms with van der Waals surface area (Å²) in [4.78, 5) is 0. The minimum Gasteiger partial charge on any atom is -0.454 e. The summed E-state index contributed by atoms with van der Waals surface area (Å²) in [5.41, 5.74) is 1.74. The summed E-state index contributed by atoms with van der Waals surface area (Å²) >= 11 is 0. The summed E-state index contributed by atoms with van der Waals surface area (Å²) in [6.45, 7) is 2.33. The fourth-order valence-electron chi connectivity index (χ4n) is 2.04. The number of ether oxygens (including phenoxy) is 2. The molecule has 1 aromatic rings. The largest absolute Gasteiger partial charge is 0.454 e.